The van der Waals surface area contributed by atoms with Gasteiger partial charge in [-0.25, -0.2) is 4.98 Å². The van der Waals surface area contributed by atoms with Crippen molar-refractivity contribution in [3.63, 3.8) is 0 Å². The van der Waals surface area contributed by atoms with Gasteiger partial charge in [-0.05, 0) is 30.7 Å². The van der Waals surface area contributed by atoms with Gasteiger partial charge in [0.05, 0.1) is 13.2 Å². The molecule has 2 aromatic carbocycles. The van der Waals surface area contributed by atoms with Gasteiger partial charge in [0, 0.05) is 5.56 Å². The van der Waals surface area contributed by atoms with Crippen LogP contribution in [0.15, 0.2) is 48.5 Å². The Morgan fingerprint density at radius 1 is 1.14 bits per heavy atom. The minimum absolute atomic E-state index is 0.374. The predicted molar refractivity (Wildman–Crippen MR) is 85.6 cm³/mol. The SMILES string of the molecule is COc1cccc(C(N)c2nc(-c3cccc(C)c3)n[nH]2)c1. The van der Waals surface area contributed by atoms with Crippen LogP contribution in [0.3, 0.4) is 0 Å². The molecular weight excluding hydrogens is 276 g/mol. The molecule has 0 aliphatic heterocycles. The molecule has 5 nitrogen and oxygen atoms in total. The van der Waals surface area contributed by atoms with Gasteiger partial charge in [-0.1, -0.05) is 35.9 Å². The van der Waals surface area contributed by atoms with Gasteiger partial charge in [0.15, 0.2) is 5.82 Å². The zero-order valence-corrected chi connectivity index (χ0v) is 12.6. The van der Waals surface area contributed by atoms with E-state index in [0.717, 1.165) is 16.9 Å². The van der Waals surface area contributed by atoms with E-state index in [1.807, 2.05) is 55.5 Å². The molecule has 3 aromatic rings. The van der Waals surface area contributed by atoms with Gasteiger partial charge in [-0.15, -0.1) is 0 Å². The van der Waals surface area contributed by atoms with Crippen LogP contribution in [0.25, 0.3) is 11.4 Å². The molecule has 1 unspecified atom stereocenters. The number of methoxy groups -OCH3 is 1. The summed E-state index contributed by atoms with van der Waals surface area (Å²) in [5.41, 5.74) is 9.33. The normalized spacial score (nSPS) is 12.1. The molecule has 22 heavy (non-hydrogen) atoms. The number of H-pyrrole nitrogens is 1. The van der Waals surface area contributed by atoms with Crippen LogP contribution in [-0.2, 0) is 0 Å². The Kier molecular flexibility index (Phi) is 3.89. The maximum atomic E-state index is 6.27. The Labute approximate surface area is 129 Å². The summed E-state index contributed by atoms with van der Waals surface area (Å²) in [6, 6.07) is 15.3. The maximum Gasteiger partial charge on any atom is 0.181 e. The van der Waals surface area contributed by atoms with E-state index in [2.05, 4.69) is 15.2 Å². The standard InChI is InChI=1S/C17H18N4O/c1-11-5-3-7-13(9-11)16-19-17(21-20-16)15(18)12-6-4-8-14(10-12)22-2/h3-10,15H,18H2,1-2H3,(H,19,20,21). The summed E-state index contributed by atoms with van der Waals surface area (Å²) in [6.45, 7) is 2.04. The number of aryl methyl sites for hydroxylation is 1. The van der Waals surface area contributed by atoms with Crippen LogP contribution in [-0.4, -0.2) is 22.3 Å². The molecule has 0 spiro atoms. The topological polar surface area (TPSA) is 76.8 Å². The number of nitrogens with two attached hydrogens (primary N) is 1. The quantitative estimate of drug-likeness (QED) is 0.775. The molecule has 0 fully saturated rings. The number of aromatic nitrogens is 3. The molecule has 0 saturated carbocycles. The molecule has 0 bridgehead atoms. The predicted octanol–water partition coefficient (Wildman–Crippen LogP) is 2.84. The maximum absolute atomic E-state index is 6.27. The minimum Gasteiger partial charge on any atom is -0.497 e. The van der Waals surface area contributed by atoms with Crippen molar-refractivity contribution in [1.29, 1.82) is 0 Å². The first-order valence-corrected chi connectivity index (χ1v) is 7.06. The van der Waals surface area contributed by atoms with Crippen molar-refractivity contribution < 1.29 is 4.74 Å². The molecule has 112 valence electrons. The second kappa shape index (κ2) is 5.99. The number of rotatable bonds is 4. The van der Waals surface area contributed by atoms with Crippen molar-refractivity contribution in [2.24, 2.45) is 5.73 Å². The summed E-state index contributed by atoms with van der Waals surface area (Å²) in [5, 5.41) is 7.20. The molecule has 1 atom stereocenters. The second-order valence-electron chi connectivity index (χ2n) is 5.17. The highest BCUT2D eigenvalue weighted by atomic mass is 16.5. The van der Waals surface area contributed by atoms with Gasteiger partial charge >= 0.3 is 0 Å². The van der Waals surface area contributed by atoms with Crippen molar-refractivity contribution >= 4 is 0 Å². The van der Waals surface area contributed by atoms with E-state index >= 15 is 0 Å². The van der Waals surface area contributed by atoms with Crippen molar-refractivity contribution in [3.8, 4) is 17.1 Å². The zero-order valence-electron chi connectivity index (χ0n) is 12.6. The van der Waals surface area contributed by atoms with Crippen LogP contribution in [0, 0.1) is 6.92 Å². The fraction of sp³-hybridized carbons (Fsp3) is 0.176. The van der Waals surface area contributed by atoms with E-state index < -0.39 is 0 Å². The number of hydrogen-bond acceptors (Lipinski definition) is 4. The van der Waals surface area contributed by atoms with Crippen LogP contribution < -0.4 is 10.5 Å². The highest BCUT2D eigenvalue weighted by molar-refractivity contribution is 5.55. The van der Waals surface area contributed by atoms with E-state index in [0.29, 0.717) is 11.6 Å². The Bertz CT molecular complexity index is 782. The number of nitrogens with zero attached hydrogens (tertiary/aromatic N) is 2. The number of nitrogens with one attached hydrogen (secondary N) is 1. The monoisotopic (exact) mass is 294 g/mol. The zero-order chi connectivity index (χ0) is 15.5. The molecule has 1 heterocycles. The van der Waals surface area contributed by atoms with Gasteiger partial charge in [0.1, 0.15) is 11.6 Å². The summed E-state index contributed by atoms with van der Waals surface area (Å²) < 4.78 is 5.23. The molecule has 1 aromatic heterocycles. The Hall–Kier alpha value is -2.66. The fourth-order valence-corrected chi connectivity index (χ4v) is 2.32. The van der Waals surface area contributed by atoms with Crippen LogP contribution in [0.2, 0.25) is 0 Å². The summed E-state index contributed by atoms with van der Waals surface area (Å²) >= 11 is 0. The first-order chi connectivity index (χ1) is 10.7. The molecule has 0 aliphatic carbocycles. The highest BCUT2D eigenvalue weighted by Gasteiger charge is 2.15. The smallest absolute Gasteiger partial charge is 0.181 e. The number of benzene rings is 2. The van der Waals surface area contributed by atoms with Crippen molar-refractivity contribution in [2.75, 3.05) is 7.11 Å². The van der Waals surface area contributed by atoms with Crippen LogP contribution in [0.1, 0.15) is 23.0 Å². The van der Waals surface area contributed by atoms with Crippen LogP contribution >= 0.6 is 0 Å². The Morgan fingerprint density at radius 2 is 1.95 bits per heavy atom. The van der Waals surface area contributed by atoms with Crippen molar-refractivity contribution in [3.05, 3.63) is 65.5 Å². The average molecular weight is 294 g/mol. The number of aromatic amines is 1. The van der Waals surface area contributed by atoms with Crippen LogP contribution in [0.5, 0.6) is 5.75 Å². The van der Waals surface area contributed by atoms with Crippen molar-refractivity contribution in [1.82, 2.24) is 15.2 Å². The summed E-state index contributed by atoms with van der Waals surface area (Å²) in [7, 11) is 1.63. The molecule has 5 heteroatoms. The molecular formula is C17H18N4O. The summed E-state index contributed by atoms with van der Waals surface area (Å²) in [6.07, 6.45) is 0. The lowest BCUT2D eigenvalue weighted by Crippen LogP contribution is -2.13. The molecule has 3 rings (SSSR count). The van der Waals surface area contributed by atoms with Crippen LogP contribution in [0.4, 0.5) is 0 Å². The molecule has 0 saturated heterocycles. The third-order valence-corrected chi connectivity index (χ3v) is 3.53. The Balaban J connectivity index is 1.89. The molecule has 0 amide bonds. The van der Waals surface area contributed by atoms with Gasteiger partial charge in [0.2, 0.25) is 0 Å². The molecule has 3 N–H and O–H groups in total. The highest BCUT2D eigenvalue weighted by Crippen LogP contribution is 2.23. The average Bonchev–Trinajstić information content (AvgIpc) is 3.04. The van der Waals surface area contributed by atoms with E-state index in [-0.39, 0.29) is 6.04 Å². The number of hydrogen-bond donors (Lipinski definition) is 2. The second-order valence-corrected chi connectivity index (χ2v) is 5.17. The first kappa shape index (κ1) is 14.3. The third-order valence-electron chi connectivity index (χ3n) is 3.53. The lowest BCUT2D eigenvalue weighted by atomic mass is 10.1. The number of ether oxygens (including phenoxy) is 1. The minimum atomic E-state index is -0.374. The van der Waals surface area contributed by atoms with E-state index in [1.54, 1.807) is 7.11 Å². The van der Waals surface area contributed by atoms with Crippen molar-refractivity contribution in [2.45, 2.75) is 13.0 Å². The molecule has 0 radical (unpaired) electrons. The van der Waals surface area contributed by atoms with Gasteiger partial charge in [0.25, 0.3) is 0 Å². The third kappa shape index (κ3) is 2.84. The summed E-state index contributed by atoms with van der Waals surface area (Å²) in [5.74, 6) is 2.05. The van der Waals surface area contributed by atoms with Gasteiger partial charge in [-0.2, -0.15) is 5.10 Å². The first-order valence-electron chi connectivity index (χ1n) is 7.06. The van der Waals surface area contributed by atoms with Gasteiger partial charge in [-0.3, -0.25) is 5.10 Å². The van der Waals surface area contributed by atoms with Gasteiger partial charge < -0.3 is 10.5 Å². The van der Waals surface area contributed by atoms with E-state index in [4.69, 9.17) is 10.5 Å². The molecule has 0 aliphatic rings. The van der Waals surface area contributed by atoms with E-state index in [1.165, 1.54) is 5.56 Å². The van der Waals surface area contributed by atoms with E-state index in [9.17, 15) is 0 Å². The lowest BCUT2D eigenvalue weighted by Gasteiger charge is -2.09. The fourth-order valence-electron chi connectivity index (χ4n) is 2.32. The Morgan fingerprint density at radius 3 is 2.73 bits per heavy atom. The summed E-state index contributed by atoms with van der Waals surface area (Å²) in [4.78, 5) is 4.52. The lowest BCUT2D eigenvalue weighted by molar-refractivity contribution is 0.414. The largest absolute Gasteiger partial charge is 0.497 e.